The van der Waals surface area contributed by atoms with Gasteiger partial charge in [0.05, 0.1) is 24.8 Å². The number of amides is 1. The van der Waals surface area contributed by atoms with Crippen molar-refractivity contribution in [2.24, 2.45) is 5.92 Å². The van der Waals surface area contributed by atoms with Crippen molar-refractivity contribution in [2.45, 2.75) is 19.3 Å². The van der Waals surface area contributed by atoms with Crippen molar-refractivity contribution in [3.8, 4) is 11.5 Å². The molecule has 1 aliphatic rings. The highest BCUT2D eigenvalue weighted by Crippen LogP contribution is 2.30. The number of aromatic nitrogens is 2. The third kappa shape index (κ3) is 4.08. The summed E-state index contributed by atoms with van der Waals surface area (Å²) in [7, 11) is 1.63. The number of carbonyl (C=O) groups excluding carboxylic acids is 1. The Labute approximate surface area is 162 Å². The number of H-pyrrole nitrogens is 1. The molecule has 1 amide bonds. The third-order valence-corrected chi connectivity index (χ3v) is 4.93. The summed E-state index contributed by atoms with van der Waals surface area (Å²) in [6, 6.07) is 10.2. The summed E-state index contributed by atoms with van der Waals surface area (Å²) in [5.74, 6) is 2.20. The van der Waals surface area contributed by atoms with Crippen LogP contribution in [0.1, 0.15) is 17.8 Å². The van der Waals surface area contributed by atoms with Gasteiger partial charge in [-0.2, -0.15) is 0 Å². The van der Waals surface area contributed by atoms with E-state index in [1.165, 1.54) is 12.1 Å². The molecule has 3 aromatic rings. The van der Waals surface area contributed by atoms with Crippen molar-refractivity contribution in [2.75, 3.05) is 20.3 Å². The maximum atomic E-state index is 13.2. The van der Waals surface area contributed by atoms with E-state index >= 15 is 0 Å². The molecule has 1 aromatic heterocycles. The normalized spacial score (nSPS) is 15.7. The second-order valence-electron chi connectivity index (χ2n) is 7.00. The number of aryl methyl sites for hydroxylation is 1. The molecular formula is C21H22FN3O3. The number of aromatic amines is 1. The standard InChI is InChI=1S/C21H22FN3O3/c1-27-16-4-2-14-8-13(12-28-19(14)10-16)11-23-21(26)7-6-20-24-17-5-3-15(22)9-18(17)25-20/h2-5,9-10,13H,6-8,11-12H2,1H3,(H,23,26)(H,24,25)/t13-/m1/s1. The number of methoxy groups -OCH3 is 1. The lowest BCUT2D eigenvalue weighted by molar-refractivity contribution is -0.121. The molecule has 2 aromatic carbocycles. The van der Waals surface area contributed by atoms with Crippen LogP contribution in [0.15, 0.2) is 36.4 Å². The largest absolute Gasteiger partial charge is 0.497 e. The second-order valence-corrected chi connectivity index (χ2v) is 7.00. The fourth-order valence-corrected chi connectivity index (χ4v) is 3.41. The molecule has 0 saturated carbocycles. The van der Waals surface area contributed by atoms with Gasteiger partial charge in [-0.15, -0.1) is 0 Å². The first-order valence-corrected chi connectivity index (χ1v) is 9.31. The summed E-state index contributed by atoms with van der Waals surface area (Å²) in [5, 5.41) is 2.97. The number of nitrogens with zero attached hydrogens (tertiary/aromatic N) is 1. The van der Waals surface area contributed by atoms with Crippen LogP contribution in [0.4, 0.5) is 4.39 Å². The number of hydrogen-bond acceptors (Lipinski definition) is 4. The van der Waals surface area contributed by atoms with E-state index in [0.29, 0.717) is 42.9 Å². The molecule has 28 heavy (non-hydrogen) atoms. The number of carbonyl (C=O) groups is 1. The third-order valence-electron chi connectivity index (χ3n) is 4.93. The summed E-state index contributed by atoms with van der Waals surface area (Å²) < 4.78 is 24.3. The molecule has 2 N–H and O–H groups in total. The molecule has 0 aliphatic carbocycles. The van der Waals surface area contributed by atoms with Crippen molar-refractivity contribution in [3.63, 3.8) is 0 Å². The Morgan fingerprint density at radius 1 is 1.36 bits per heavy atom. The smallest absolute Gasteiger partial charge is 0.220 e. The SMILES string of the molecule is COc1ccc2c(c1)OC[C@@H](CNC(=O)CCc1nc3ccc(F)cc3[nH]1)C2. The quantitative estimate of drug-likeness (QED) is 0.686. The lowest BCUT2D eigenvalue weighted by Crippen LogP contribution is -2.34. The van der Waals surface area contributed by atoms with Gasteiger partial charge < -0.3 is 19.8 Å². The first kappa shape index (κ1) is 18.3. The minimum Gasteiger partial charge on any atom is -0.497 e. The van der Waals surface area contributed by atoms with Crippen LogP contribution < -0.4 is 14.8 Å². The fraction of sp³-hybridized carbons (Fsp3) is 0.333. The average Bonchev–Trinajstić information content (AvgIpc) is 3.12. The summed E-state index contributed by atoms with van der Waals surface area (Å²) in [5.41, 5.74) is 2.47. The molecular weight excluding hydrogens is 361 g/mol. The minimum atomic E-state index is -0.310. The maximum absolute atomic E-state index is 13.2. The molecule has 1 aliphatic heterocycles. The number of nitrogens with one attached hydrogen (secondary N) is 2. The highest BCUT2D eigenvalue weighted by Gasteiger charge is 2.21. The van der Waals surface area contributed by atoms with Gasteiger partial charge in [0.1, 0.15) is 23.1 Å². The van der Waals surface area contributed by atoms with Gasteiger partial charge >= 0.3 is 0 Å². The zero-order chi connectivity index (χ0) is 19.5. The zero-order valence-electron chi connectivity index (χ0n) is 15.6. The van der Waals surface area contributed by atoms with E-state index in [9.17, 15) is 9.18 Å². The highest BCUT2D eigenvalue weighted by molar-refractivity contribution is 5.77. The van der Waals surface area contributed by atoms with Gasteiger partial charge in [0.2, 0.25) is 5.91 Å². The molecule has 2 heterocycles. The van der Waals surface area contributed by atoms with Crippen LogP contribution >= 0.6 is 0 Å². The van der Waals surface area contributed by atoms with Crippen molar-refractivity contribution < 1.29 is 18.7 Å². The molecule has 1 atom stereocenters. The van der Waals surface area contributed by atoms with Crippen LogP contribution in [0, 0.1) is 11.7 Å². The van der Waals surface area contributed by atoms with Crippen molar-refractivity contribution in [1.29, 1.82) is 0 Å². The lowest BCUT2D eigenvalue weighted by Gasteiger charge is -2.25. The number of fused-ring (bicyclic) bond motifs is 2. The van der Waals surface area contributed by atoms with Crippen LogP contribution in [-0.4, -0.2) is 36.1 Å². The number of imidazole rings is 1. The van der Waals surface area contributed by atoms with E-state index in [2.05, 4.69) is 15.3 Å². The summed E-state index contributed by atoms with van der Waals surface area (Å²) in [6.07, 6.45) is 1.66. The second kappa shape index (κ2) is 7.88. The Kier molecular flexibility index (Phi) is 5.14. The van der Waals surface area contributed by atoms with Crippen LogP contribution in [0.3, 0.4) is 0 Å². The molecule has 4 rings (SSSR count). The predicted octanol–water partition coefficient (Wildman–Crippen LogP) is 3.01. The van der Waals surface area contributed by atoms with E-state index in [4.69, 9.17) is 9.47 Å². The molecule has 0 radical (unpaired) electrons. The van der Waals surface area contributed by atoms with E-state index in [-0.39, 0.29) is 17.6 Å². The zero-order valence-corrected chi connectivity index (χ0v) is 15.6. The Bertz CT molecular complexity index is 1000. The van der Waals surface area contributed by atoms with Gasteiger partial charge in [-0.3, -0.25) is 4.79 Å². The molecule has 0 saturated heterocycles. The molecule has 0 fully saturated rings. The average molecular weight is 383 g/mol. The Hall–Kier alpha value is -3.09. The van der Waals surface area contributed by atoms with E-state index in [1.54, 1.807) is 13.2 Å². The maximum Gasteiger partial charge on any atom is 0.220 e. The summed E-state index contributed by atoms with van der Waals surface area (Å²) >= 11 is 0. The Balaban J connectivity index is 1.26. The van der Waals surface area contributed by atoms with Crippen LogP contribution in [-0.2, 0) is 17.6 Å². The summed E-state index contributed by atoms with van der Waals surface area (Å²) in [4.78, 5) is 19.6. The summed E-state index contributed by atoms with van der Waals surface area (Å²) in [6.45, 7) is 1.13. The van der Waals surface area contributed by atoms with Gasteiger partial charge in [0, 0.05) is 31.4 Å². The van der Waals surface area contributed by atoms with Crippen LogP contribution in [0.2, 0.25) is 0 Å². The van der Waals surface area contributed by atoms with Crippen molar-refractivity contribution in [1.82, 2.24) is 15.3 Å². The van der Waals surface area contributed by atoms with E-state index in [1.807, 2.05) is 18.2 Å². The fourth-order valence-electron chi connectivity index (χ4n) is 3.41. The number of hydrogen-bond donors (Lipinski definition) is 2. The molecule has 146 valence electrons. The van der Waals surface area contributed by atoms with Crippen LogP contribution in [0.25, 0.3) is 11.0 Å². The first-order valence-electron chi connectivity index (χ1n) is 9.31. The Morgan fingerprint density at radius 2 is 2.25 bits per heavy atom. The molecule has 0 bridgehead atoms. The monoisotopic (exact) mass is 383 g/mol. The van der Waals surface area contributed by atoms with Gasteiger partial charge in [0.15, 0.2) is 0 Å². The highest BCUT2D eigenvalue weighted by atomic mass is 19.1. The number of halogens is 1. The molecule has 0 unspecified atom stereocenters. The predicted molar refractivity (Wildman–Crippen MR) is 103 cm³/mol. The van der Waals surface area contributed by atoms with Gasteiger partial charge in [-0.1, -0.05) is 6.07 Å². The van der Waals surface area contributed by atoms with E-state index in [0.717, 1.165) is 23.5 Å². The lowest BCUT2D eigenvalue weighted by atomic mass is 9.96. The van der Waals surface area contributed by atoms with Crippen molar-refractivity contribution >= 4 is 16.9 Å². The molecule has 6 nitrogen and oxygen atoms in total. The number of rotatable bonds is 6. The number of ether oxygens (including phenoxy) is 2. The van der Waals surface area contributed by atoms with Crippen LogP contribution in [0.5, 0.6) is 11.5 Å². The number of benzene rings is 2. The molecule has 0 spiro atoms. The first-order chi connectivity index (χ1) is 13.6. The van der Waals surface area contributed by atoms with Gasteiger partial charge in [-0.25, -0.2) is 9.37 Å². The Morgan fingerprint density at radius 3 is 3.11 bits per heavy atom. The van der Waals surface area contributed by atoms with Crippen molar-refractivity contribution in [3.05, 3.63) is 53.6 Å². The van der Waals surface area contributed by atoms with Gasteiger partial charge in [0.25, 0.3) is 0 Å². The van der Waals surface area contributed by atoms with Gasteiger partial charge in [-0.05, 0) is 36.2 Å². The molecule has 7 heteroatoms. The van der Waals surface area contributed by atoms with E-state index < -0.39 is 0 Å². The topological polar surface area (TPSA) is 76.2 Å². The minimum absolute atomic E-state index is 0.0350.